The van der Waals surface area contributed by atoms with Gasteiger partial charge in [0.25, 0.3) is 0 Å². The van der Waals surface area contributed by atoms with Crippen molar-refractivity contribution < 1.29 is 9.13 Å². The molecule has 0 saturated carbocycles. The molecule has 0 saturated heterocycles. The number of hydrogen-bond acceptors (Lipinski definition) is 2. The molecule has 0 aliphatic rings. The van der Waals surface area contributed by atoms with Crippen molar-refractivity contribution in [3.8, 4) is 0 Å². The molecule has 1 aromatic carbocycles. The maximum Gasteiger partial charge on any atom is 0.141 e. The van der Waals surface area contributed by atoms with Crippen molar-refractivity contribution in [3.05, 3.63) is 34.6 Å². The molecule has 0 aromatic heterocycles. The normalized spacial score (nSPS) is 14.1. The lowest BCUT2D eigenvalue weighted by atomic mass is 9.98. The first-order chi connectivity index (χ1) is 10.1. The van der Waals surface area contributed by atoms with Crippen molar-refractivity contribution in [2.24, 2.45) is 0 Å². The van der Waals surface area contributed by atoms with Gasteiger partial charge in [-0.2, -0.15) is 0 Å². The molecule has 21 heavy (non-hydrogen) atoms. The maximum atomic E-state index is 13.3. The van der Waals surface area contributed by atoms with E-state index in [4.69, 9.17) is 16.3 Å². The van der Waals surface area contributed by atoms with Crippen LogP contribution in [0, 0.1) is 5.82 Å². The van der Waals surface area contributed by atoms with Crippen LogP contribution in [-0.2, 0) is 11.2 Å². The molecule has 2 nitrogen and oxygen atoms in total. The van der Waals surface area contributed by atoms with E-state index in [0.29, 0.717) is 6.61 Å². The predicted molar refractivity (Wildman–Crippen MR) is 87.5 cm³/mol. The van der Waals surface area contributed by atoms with Crippen molar-refractivity contribution in [2.75, 3.05) is 13.2 Å². The van der Waals surface area contributed by atoms with Gasteiger partial charge >= 0.3 is 0 Å². The van der Waals surface area contributed by atoms with Gasteiger partial charge in [-0.1, -0.05) is 37.9 Å². The summed E-state index contributed by atoms with van der Waals surface area (Å²) < 4.78 is 19.2. The summed E-state index contributed by atoms with van der Waals surface area (Å²) in [7, 11) is 0. The monoisotopic (exact) mass is 315 g/mol. The summed E-state index contributed by atoms with van der Waals surface area (Å²) >= 11 is 5.88. The molecular formula is C17H27ClFNO. The van der Waals surface area contributed by atoms with Gasteiger partial charge in [0, 0.05) is 12.6 Å². The average Bonchev–Trinajstić information content (AvgIpc) is 2.47. The molecule has 0 radical (unpaired) electrons. The van der Waals surface area contributed by atoms with Crippen molar-refractivity contribution in [1.29, 1.82) is 0 Å². The fourth-order valence-corrected chi connectivity index (χ4v) is 2.69. The van der Waals surface area contributed by atoms with Crippen LogP contribution in [0.25, 0.3) is 0 Å². The SMILES string of the molecule is CCCNC(Cc1ccc(F)c(Cl)c1)C(CCC)OCC. The van der Waals surface area contributed by atoms with Gasteiger partial charge in [-0.05, 0) is 50.4 Å². The van der Waals surface area contributed by atoms with Crippen molar-refractivity contribution >= 4 is 11.6 Å². The second-order valence-corrected chi connectivity index (χ2v) is 5.70. The Bertz CT molecular complexity index is 408. The van der Waals surface area contributed by atoms with Crippen LogP contribution >= 0.6 is 11.6 Å². The Balaban J connectivity index is 2.81. The van der Waals surface area contributed by atoms with Gasteiger partial charge in [-0.15, -0.1) is 0 Å². The highest BCUT2D eigenvalue weighted by Gasteiger charge is 2.21. The average molecular weight is 316 g/mol. The van der Waals surface area contributed by atoms with Crippen LogP contribution in [0.15, 0.2) is 18.2 Å². The molecule has 0 bridgehead atoms. The standard InChI is InChI=1S/C17H27ClFNO/c1-4-7-17(21-6-3)16(20-10-5-2)12-13-8-9-15(19)14(18)11-13/h8-9,11,16-17,20H,4-7,10,12H2,1-3H3. The lowest BCUT2D eigenvalue weighted by molar-refractivity contribution is 0.0282. The van der Waals surface area contributed by atoms with Crippen LogP contribution < -0.4 is 5.32 Å². The minimum absolute atomic E-state index is 0.176. The third-order valence-corrected chi connectivity index (χ3v) is 3.79. The van der Waals surface area contributed by atoms with E-state index in [1.54, 1.807) is 12.1 Å². The minimum atomic E-state index is -0.367. The summed E-state index contributed by atoms with van der Waals surface area (Å²) in [6.07, 6.45) is 4.15. The second kappa shape index (κ2) is 10.1. The highest BCUT2D eigenvalue weighted by Crippen LogP contribution is 2.19. The number of benzene rings is 1. The fourth-order valence-electron chi connectivity index (χ4n) is 2.48. The highest BCUT2D eigenvalue weighted by atomic mass is 35.5. The van der Waals surface area contributed by atoms with Crippen molar-refractivity contribution in [2.45, 2.75) is 58.6 Å². The number of hydrogen-bond donors (Lipinski definition) is 1. The van der Waals surface area contributed by atoms with Crippen LogP contribution in [-0.4, -0.2) is 25.3 Å². The molecule has 0 amide bonds. The molecule has 0 aliphatic heterocycles. The summed E-state index contributed by atoms with van der Waals surface area (Å²) in [4.78, 5) is 0. The first kappa shape index (κ1) is 18.4. The molecule has 0 spiro atoms. The summed E-state index contributed by atoms with van der Waals surface area (Å²) in [5.41, 5.74) is 1.04. The molecule has 0 heterocycles. The molecular weight excluding hydrogens is 289 g/mol. The summed E-state index contributed by atoms with van der Waals surface area (Å²) in [5.74, 6) is -0.367. The third-order valence-electron chi connectivity index (χ3n) is 3.50. The molecule has 0 fully saturated rings. The number of nitrogens with one attached hydrogen (secondary N) is 1. The van der Waals surface area contributed by atoms with E-state index in [1.165, 1.54) is 6.07 Å². The largest absolute Gasteiger partial charge is 0.377 e. The maximum absolute atomic E-state index is 13.3. The first-order valence-electron chi connectivity index (χ1n) is 7.91. The zero-order valence-corrected chi connectivity index (χ0v) is 14.0. The molecule has 2 atom stereocenters. The van der Waals surface area contributed by atoms with Crippen LogP contribution in [0.3, 0.4) is 0 Å². The number of ether oxygens (including phenoxy) is 1. The van der Waals surface area contributed by atoms with Gasteiger partial charge in [0.2, 0.25) is 0 Å². The van der Waals surface area contributed by atoms with Crippen LogP contribution in [0.5, 0.6) is 0 Å². The summed E-state index contributed by atoms with van der Waals surface area (Å²) in [6, 6.07) is 5.18. The smallest absolute Gasteiger partial charge is 0.141 e. The van der Waals surface area contributed by atoms with E-state index >= 15 is 0 Å². The van der Waals surface area contributed by atoms with E-state index in [0.717, 1.165) is 37.8 Å². The molecule has 120 valence electrons. The van der Waals surface area contributed by atoms with Crippen molar-refractivity contribution in [1.82, 2.24) is 5.32 Å². The first-order valence-corrected chi connectivity index (χ1v) is 8.29. The third kappa shape index (κ3) is 6.33. The van der Waals surface area contributed by atoms with E-state index in [-0.39, 0.29) is 23.0 Å². The Hall–Kier alpha value is -0.640. The topological polar surface area (TPSA) is 21.3 Å². The molecule has 1 rings (SSSR count). The molecule has 2 unspecified atom stereocenters. The minimum Gasteiger partial charge on any atom is -0.377 e. The van der Waals surface area contributed by atoms with E-state index < -0.39 is 0 Å². The van der Waals surface area contributed by atoms with Gasteiger partial charge in [-0.25, -0.2) is 4.39 Å². The van der Waals surface area contributed by atoms with E-state index in [9.17, 15) is 4.39 Å². The van der Waals surface area contributed by atoms with Crippen LogP contribution in [0.4, 0.5) is 4.39 Å². The summed E-state index contributed by atoms with van der Waals surface area (Å²) in [6.45, 7) is 7.99. The highest BCUT2D eigenvalue weighted by molar-refractivity contribution is 6.30. The molecule has 1 N–H and O–H groups in total. The van der Waals surface area contributed by atoms with Crippen molar-refractivity contribution in [3.63, 3.8) is 0 Å². The Morgan fingerprint density at radius 1 is 1.24 bits per heavy atom. The number of rotatable bonds is 10. The lowest BCUT2D eigenvalue weighted by Gasteiger charge is -2.28. The second-order valence-electron chi connectivity index (χ2n) is 5.30. The van der Waals surface area contributed by atoms with Crippen LogP contribution in [0.2, 0.25) is 5.02 Å². The lowest BCUT2D eigenvalue weighted by Crippen LogP contribution is -2.43. The van der Waals surface area contributed by atoms with Gasteiger partial charge in [0.05, 0.1) is 11.1 Å². The summed E-state index contributed by atoms with van der Waals surface area (Å²) in [5, 5.41) is 3.75. The van der Waals surface area contributed by atoms with E-state index in [1.807, 2.05) is 6.92 Å². The zero-order valence-electron chi connectivity index (χ0n) is 13.3. The van der Waals surface area contributed by atoms with Crippen LogP contribution in [0.1, 0.15) is 45.6 Å². The quantitative estimate of drug-likeness (QED) is 0.681. The fraction of sp³-hybridized carbons (Fsp3) is 0.647. The number of halogens is 2. The van der Waals surface area contributed by atoms with Gasteiger partial charge in [0.1, 0.15) is 5.82 Å². The Labute approximate surface area is 133 Å². The predicted octanol–water partition coefficient (Wildman–Crippen LogP) is 4.60. The van der Waals surface area contributed by atoms with Gasteiger partial charge in [0.15, 0.2) is 0 Å². The Kier molecular flexibility index (Phi) is 8.90. The van der Waals surface area contributed by atoms with Gasteiger partial charge in [-0.3, -0.25) is 0 Å². The van der Waals surface area contributed by atoms with Gasteiger partial charge < -0.3 is 10.1 Å². The molecule has 4 heteroatoms. The Morgan fingerprint density at radius 3 is 2.57 bits per heavy atom. The zero-order chi connectivity index (χ0) is 15.7. The molecule has 1 aromatic rings. The molecule has 0 aliphatic carbocycles. The van der Waals surface area contributed by atoms with E-state index in [2.05, 4.69) is 19.2 Å². The Morgan fingerprint density at radius 2 is 2.00 bits per heavy atom.